The molecule has 2 heteroatoms. The number of ether oxygens (including phenoxy) is 1. The highest BCUT2D eigenvalue weighted by Crippen LogP contribution is 2.13. The van der Waals surface area contributed by atoms with Gasteiger partial charge in [0.05, 0.1) is 6.61 Å². The Morgan fingerprint density at radius 2 is 1.76 bits per heavy atom. The Bertz CT molecular complexity index is 281. The van der Waals surface area contributed by atoms with Crippen molar-refractivity contribution >= 4 is 0 Å². The van der Waals surface area contributed by atoms with Gasteiger partial charge < -0.3 is 10.1 Å². The van der Waals surface area contributed by atoms with Crippen LogP contribution in [0.3, 0.4) is 0 Å². The molecule has 0 aliphatic heterocycles. The summed E-state index contributed by atoms with van der Waals surface area (Å²) in [6.45, 7) is 7.34. The minimum Gasteiger partial charge on any atom is -0.494 e. The fourth-order valence-corrected chi connectivity index (χ4v) is 1.72. The van der Waals surface area contributed by atoms with Crippen molar-refractivity contribution in [3.05, 3.63) is 29.8 Å². The van der Waals surface area contributed by atoms with E-state index in [4.69, 9.17) is 4.74 Å². The van der Waals surface area contributed by atoms with E-state index in [2.05, 4.69) is 43.4 Å². The van der Waals surface area contributed by atoms with Gasteiger partial charge in [0.2, 0.25) is 0 Å². The molecule has 0 amide bonds. The summed E-state index contributed by atoms with van der Waals surface area (Å²) < 4.78 is 5.69. The van der Waals surface area contributed by atoms with Gasteiger partial charge in [-0.2, -0.15) is 0 Å². The lowest BCUT2D eigenvalue weighted by Gasteiger charge is -2.07. The average Bonchev–Trinajstić information content (AvgIpc) is 2.38. The van der Waals surface area contributed by atoms with Crippen LogP contribution in [0, 0.1) is 0 Å². The summed E-state index contributed by atoms with van der Waals surface area (Å²) in [5.74, 6) is 0.994. The van der Waals surface area contributed by atoms with Crippen molar-refractivity contribution in [3.8, 4) is 5.75 Å². The summed E-state index contributed by atoms with van der Waals surface area (Å²) in [7, 11) is 0. The third kappa shape index (κ3) is 6.32. The molecular formula is C15H25NO. The number of hydrogen-bond acceptors (Lipinski definition) is 2. The van der Waals surface area contributed by atoms with Gasteiger partial charge in [-0.3, -0.25) is 0 Å². The predicted octanol–water partition coefficient (Wildman–Crippen LogP) is 3.41. The molecule has 0 radical (unpaired) electrons. The van der Waals surface area contributed by atoms with Crippen LogP contribution in [-0.2, 0) is 6.42 Å². The van der Waals surface area contributed by atoms with Gasteiger partial charge in [0.25, 0.3) is 0 Å². The lowest BCUT2D eigenvalue weighted by Crippen LogP contribution is -2.14. The zero-order valence-corrected chi connectivity index (χ0v) is 11.2. The molecule has 0 aliphatic rings. The second kappa shape index (κ2) is 9.06. The third-order valence-corrected chi connectivity index (χ3v) is 2.85. The second-order valence-electron chi connectivity index (χ2n) is 4.26. The quantitative estimate of drug-likeness (QED) is 0.662. The highest BCUT2D eigenvalue weighted by Gasteiger charge is 1.94. The molecule has 0 heterocycles. The predicted molar refractivity (Wildman–Crippen MR) is 73.7 cm³/mol. The SMILES string of the molecule is CCNCCCCCOc1ccc(CC)cc1. The van der Waals surface area contributed by atoms with Gasteiger partial charge in [-0.1, -0.05) is 26.0 Å². The number of hydrogen-bond donors (Lipinski definition) is 1. The van der Waals surface area contributed by atoms with Crippen molar-refractivity contribution in [2.24, 2.45) is 0 Å². The molecule has 17 heavy (non-hydrogen) atoms. The Morgan fingerprint density at radius 3 is 2.41 bits per heavy atom. The molecule has 0 aliphatic carbocycles. The van der Waals surface area contributed by atoms with E-state index < -0.39 is 0 Å². The van der Waals surface area contributed by atoms with Gasteiger partial charge in [0.15, 0.2) is 0 Å². The van der Waals surface area contributed by atoms with Crippen LogP contribution in [0.1, 0.15) is 38.7 Å². The monoisotopic (exact) mass is 235 g/mol. The summed E-state index contributed by atoms with van der Waals surface area (Å²) >= 11 is 0. The minimum absolute atomic E-state index is 0.831. The van der Waals surface area contributed by atoms with Crippen LogP contribution in [0.5, 0.6) is 5.75 Å². The van der Waals surface area contributed by atoms with E-state index in [0.29, 0.717) is 0 Å². The first-order chi connectivity index (χ1) is 8.36. The number of nitrogens with one attached hydrogen (secondary N) is 1. The number of unbranched alkanes of at least 4 members (excludes halogenated alkanes) is 2. The summed E-state index contributed by atoms with van der Waals surface area (Å²) in [5, 5.41) is 3.33. The first-order valence-corrected chi connectivity index (χ1v) is 6.79. The van der Waals surface area contributed by atoms with Gasteiger partial charge >= 0.3 is 0 Å². The fourth-order valence-electron chi connectivity index (χ4n) is 1.72. The van der Waals surface area contributed by atoms with E-state index in [9.17, 15) is 0 Å². The van der Waals surface area contributed by atoms with Gasteiger partial charge in [-0.15, -0.1) is 0 Å². The van der Waals surface area contributed by atoms with Crippen molar-refractivity contribution in [2.75, 3.05) is 19.7 Å². The third-order valence-electron chi connectivity index (χ3n) is 2.85. The zero-order valence-electron chi connectivity index (χ0n) is 11.2. The van der Waals surface area contributed by atoms with E-state index in [1.54, 1.807) is 0 Å². The molecule has 96 valence electrons. The molecular weight excluding hydrogens is 210 g/mol. The molecule has 1 aromatic rings. The summed E-state index contributed by atoms with van der Waals surface area (Å²) in [6.07, 6.45) is 4.71. The van der Waals surface area contributed by atoms with E-state index in [0.717, 1.165) is 38.3 Å². The first kappa shape index (κ1) is 14.0. The molecule has 0 atom stereocenters. The Kier molecular flexibility index (Phi) is 7.48. The van der Waals surface area contributed by atoms with Crippen LogP contribution >= 0.6 is 0 Å². The largest absolute Gasteiger partial charge is 0.494 e. The maximum Gasteiger partial charge on any atom is 0.119 e. The van der Waals surface area contributed by atoms with Crippen LogP contribution < -0.4 is 10.1 Å². The van der Waals surface area contributed by atoms with Crippen LogP contribution in [0.2, 0.25) is 0 Å². The Balaban J connectivity index is 2.05. The summed E-state index contributed by atoms with van der Waals surface area (Å²) in [4.78, 5) is 0. The van der Waals surface area contributed by atoms with E-state index in [1.165, 1.54) is 18.4 Å². The Morgan fingerprint density at radius 1 is 1.00 bits per heavy atom. The van der Waals surface area contributed by atoms with Crippen molar-refractivity contribution in [1.29, 1.82) is 0 Å². The van der Waals surface area contributed by atoms with Crippen molar-refractivity contribution in [3.63, 3.8) is 0 Å². The Hall–Kier alpha value is -1.02. The topological polar surface area (TPSA) is 21.3 Å². The normalized spacial score (nSPS) is 10.5. The van der Waals surface area contributed by atoms with Gasteiger partial charge in [-0.05, 0) is 56.5 Å². The number of benzene rings is 1. The standard InChI is InChI=1S/C15H25NO/c1-3-14-8-10-15(11-9-14)17-13-7-5-6-12-16-4-2/h8-11,16H,3-7,12-13H2,1-2H3. The second-order valence-corrected chi connectivity index (χ2v) is 4.26. The van der Waals surface area contributed by atoms with Gasteiger partial charge in [0.1, 0.15) is 5.75 Å². The molecule has 0 spiro atoms. The van der Waals surface area contributed by atoms with Crippen LogP contribution in [0.25, 0.3) is 0 Å². The summed E-state index contributed by atoms with van der Waals surface area (Å²) in [6, 6.07) is 8.41. The molecule has 0 saturated carbocycles. The average molecular weight is 235 g/mol. The molecule has 1 aromatic carbocycles. The van der Waals surface area contributed by atoms with E-state index in [-0.39, 0.29) is 0 Å². The van der Waals surface area contributed by atoms with Gasteiger partial charge in [0, 0.05) is 0 Å². The molecule has 1 N–H and O–H groups in total. The first-order valence-electron chi connectivity index (χ1n) is 6.79. The van der Waals surface area contributed by atoms with Crippen molar-refractivity contribution < 1.29 is 4.74 Å². The van der Waals surface area contributed by atoms with E-state index in [1.807, 2.05) is 0 Å². The molecule has 0 fully saturated rings. The molecule has 2 nitrogen and oxygen atoms in total. The molecule has 0 saturated heterocycles. The fraction of sp³-hybridized carbons (Fsp3) is 0.600. The molecule has 1 rings (SSSR count). The van der Waals surface area contributed by atoms with E-state index >= 15 is 0 Å². The smallest absolute Gasteiger partial charge is 0.119 e. The zero-order chi connectivity index (χ0) is 12.3. The van der Waals surface area contributed by atoms with Crippen molar-refractivity contribution in [2.45, 2.75) is 39.5 Å². The lowest BCUT2D eigenvalue weighted by atomic mass is 10.2. The maximum atomic E-state index is 5.69. The highest BCUT2D eigenvalue weighted by atomic mass is 16.5. The Labute approximate surface area is 105 Å². The highest BCUT2D eigenvalue weighted by molar-refractivity contribution is 5.27. The minimum atomic E-state index is 0.831. The number of aryl methyl sites for hydroxylation is 1. The van der Waals surface area contributed by atoms with Crippen LogP contribution in [-0.4, -0.2) is 19.7 Å². The van der Waals surface area contributed by atoms with Gasteiger partial charge in [-0.25, -0.2) is 0 Å². The maximum absolute atomic E-state index is 5.69. The lowest BCUT2D eigenvalue weighted by molar-refractivity contribution is 0.305. The van der Waals surface area contributed by atoms with Crippen LogP contribution in [0.15, 0.2) is 24.3 Å². The van der Waals surface area contributed by atoms with Crippen LogP contribution in [0.4, 0.5) is 0 Å². The van der Waals surface area contributed by atoms with Crippen molar-refractivity contribution in [1.82, 2.24) is 5.32 Å². The number of rotatable bonds is 9. The molecule has 0 bridgehead atoms. The summed E-state index contributed by atoms with van der Waals surface area (Å²) in [5.41, 5.74) is 1.36. The molecule has 0 unspecified atom stereocenters. The molecule has 0 aromatic heterocycles.